The molecule has 2 aliphatic rings. The molecule has 0 bridgehead atoms. The van der Waals surface area contributed by atoms with Gasteiger partial charge in [-0.2, -0.15) is 0 Å². The van der Waals surface area contributed by atoms with Crippen LogP contribution in [0.1, 0.15) is 16.4 Å². The predicted molar refractivity (Wildman–Crippen MR) is 150 cm³/mol. The lowest BCUT2D eigenvalue weighted by molar-refractivity contribution is -0.122. The van der Waals surface area contributed by atoms with Crippen LogP contribution in [0.15, 0.2) is 82.9 Å². The third kappa shape index (κ3) is 4.44. The topological polar surface area (TPSA) is 131 Å². The minimum absolute atomic E-state index is 0.0629. The number of benzene rings is 2. The summed E-state index contributed by atoms with van der Waals surface area (Å²) in [5.74, 6) is -1.87. The van der Waals surface area contributed by atoms with Crippen molar-refractivity contribution >= 4 is 52.2 Å². The summed E-state index contributed by atoms with van der Waals surface area (Å²) in [5, 5.41) is 11.9. The number of methoxy groups -OCH3 is 1. The summed E-state index contributed by atoms with van der Waals surface area (Å²) in [6.07, 6.45) is 3.26. The fourth-order valence-corrected chi connectivity index (χ4v) is 7.82. The third-order valence-corrected chi connectivity index (χ3v) is 9.48. The number of phenols is 1. The van der Waals surface area contributed by atoms with E-state index in [2.05, 4.69) is 10.3 Å². The number of aromatic nitrogens is 2. The second-order valence-corrected chi connectivity index (χ2v) is 11.4. The number of carbonyl (C=O) groups excluding carboxylic acids is 3. The van der Waals surface area contributed by atoms with Crippen molar-refractivity contribution in [2.45, 2.75) is 22.7 Å². The van der Waals surface area contributed by atoms with Crippen LogP contribution >= 0.6 is 23.1 Å². The van der Waals surface area contributed by atoms with E-state index in [9.17, 15) is 24.3 Å². The Morgan fingerprint density at radius 2 is 1.80 bits per heavy atom. The molecule has 40 heavy (non-hydrogen) atoms. The van der Waals surface area contributed by atoms with Crippen molar-refractivity contribution in [3.63, 3.8) is 0 Å². The number of thioether (sulfide) groups is 1. The number of rotatable bonds is 6. The Balaban J connectivity index is 1.38. The van der Waals surface area contributed by atoms with E-state index in [1.54, 1.807) is 54.9 Å². The van der Waals surface area contributed by atoms with Crippen LogP contribution in [-0.2, 0) is 20.9 Å². The number of pyridine rings is 1. The second kappa shape index (κ2) is 10.3. The van der Waals surface area contributed by atoms with Crippen molar-refractivity contribution in [1.29, 1.82) is 0 Å². The number of amides is 3. The quantitative estimate of drug-likeness (QED) is 0.265. The first kappa shape index (κ1) is 25.8. The van der Waals surface area contributed by atoms with E-state index in [1.807, 2.05) is 6.07 Å². The van der Waals surface area contributed by atoms with Gasteiger partial charge in [-0.3, -0.25) is 28.7 Å². The van der Waals surface area contributed by atoms with Gasteiger partial charge in [0.25, 0.3) is 0 Å². The zero-order valence-electron chi connectivity index (χ0n) is 21.0. The zero-order valence-corrected chi connectivity index (χ0v) is 22.6. The molecule has 3 amide bonds. The zero-order chi connectivity index (χ0) is 28.0. The molecule has 3 atom stereocenters. The van der Waals surface area contributed by atoms with Crippen molar-refractivity contribution in [2.75, 3.05) is 17.3 Å². The van der Waals surface area contributed by atoms with E-state index in [-0.39, 0.29) is 29.0 Å². The maximum atomic E-state index is 13.9. The fourth-order valence-electron chi connectivity index (χ4n) is 5.05. The Morgan fingerprint density at radius 1 is 1.05 bits per heavy atom. The SMILES string of the molecule is COc1ccc(N2C(=O)C3Sc4c(sc(=O)n4CC(=O)Nc4ccc(O)cc4)[C@H](c4cccnc4)C3C2=O)cc1. The minimum atomic E-state index is -0.798. The van der Waals surface area contributed by atoms with Gasteiger partial charge in [0.05, 0.1) is 23.7 Å². The summed E-state index contributed by atoms with van der Waals surface area (Å²) in [6.45, 7) is -0.278. The van der Waals surface area contributed by atoms with Gasteiger partial charge in [-0.1, -0.05) is 29.2 Å². The number of aromatic hydroxyl groups is 1. The summed E-state index contributed by atoms with van der Waals surface area (Å²) in [5.41, 5.74) is 1.61. The van der Waals surface area contributed by atoms with Crippen molar-refractivity contribution in [2.24, 2.45) is 5.92 Å². The van der Waals surface area contributed by atoms with Crippen LogP contribution in [0.25, 0.3) is 0 Å². The molecule has 2 aliphatic heterocycles. The largest absolute Gasteiger partial charge is 0.508 e. The average molecular weight is 575 g/mol. The lowest BCUT2D eigenvalue weighted by atomic mass is 9.84. The number of imide groups is 1. The molecule has 2 aromatic carbocycles. The maximum Gasteiger partial charge on any atom is 0.308 e. The number of hydrogen-bond acceptors (Lipinski definition) is 9. The number of anilines is 2. The molecular weight excluding hydrogens is 552 g/mol. The van der Waals surface area contributed by atoms with Crippen LogP contribution < -0.4 is 19.8 Å². The van der Waals surface area contributed by atoms with Gasteiger partial charge in [0.15, 0.2) is 0 Å². The number of phenolic OH excluding ortho intramolecular Hbond substituents is 1. The molecule has 1 saturated heterocycles. The molecule has 202 valence electrons. The van der Waals surface area contributed by atoms with Crippen LogP contribution in [0, 0.1) is 5.92 Å². The Kier molecular flexibility index (Phi) is 6.64. The van der Waals surface area contributed by atoms with Crippen LogP contribution in [-0.4, -0.2) is 44.7 Å². The molecular formula is C28H22N4O6S2. The molecule has 0 aliphatic carbocycles. The third-order valence-electron chi connectivity index (χ3n) is 6.88. The first-order valence-electron chi connectivity index (χ1n) is 12.3. The van der Waals surface area contributed by atoms with E-state index < -0.39 is 23.0 Å². The smallest absolute Gasteiger partial charge is 0.308 e. The number of nitrogens with one attached hydrogen (secondary N) is 1. The normalized spacial score (nSPS) is 19.7. The Labute approximate surface area is 236 Å². The van der Waals surface area contributed by atoms with Crippen molar-refractivity contribution in [1.82, 2.24) is 9.55 Å². The van der Waals surface area contributed by atoms with Crippen LogP contribution in [0.5, 0.6) is 11.5 Å². The Hall–Kier alpha value is -4.42. The molecule has 4 heterocycles. The van der Waals surface area contributed by atoms with Crippen molar-refractivity contribution < 1.29 is 24.2 Å². The molecule has 0 spiro atoms. The van der Waals surface area contributed by atoms with Gasteiger partial charge < -0.3 is 15.2 Å². The molecule has 10 nitrogen and oxygen atoms in total. The van der Waals surface area contributed by atoms with E-state index in [4.69, 9.17) is 4.74 Å². The van der Waals surface area contributed by atoms with Gasteiger partial charge in [-0.25, -0.2) is 4.90 Å². The predicted octanol–water partition coefficient (Wildman–Crippen LogP) is 3.45. The van der Waals surface area contributed by atoms with Gasteiger partial charge in [-0.15, -0.1) is 0 Å². The number of carbonyl (C=O) groups is 3. The molecule has 2 unspecified atom stereocenters. The van der Waals surface area contributed by atoms with Gasteiger partial charge in [0, 0.05) is 28.9 Å². The van der Waals surface area contributed by atoms with E-state index in [0.29, 0.717) is 32.6 Å². The Morgan fingerprint density at radius 3 is 2.48 bits per heavy atom. The lowest BCUT2D eigenvalue weighted by Gasteiger charge is -2.30. The molecule has 4 aromatic rings. The van der Waals surface area contributed by atoms with Gasteiger partial charge in [0.1, 0.15) is 23.3 Å². The summed E-state index contributed by atoms with van der Waals surface area (Å²) in [7, 11) is 1.54. The highest BCUT2D eigenvalue weighted by Crippen LogP contribution is 2.53. The summed E-state index contributed by atoms with van der Waals surface area (Å²) >= 11 is 2.12. The number of nitrogens with zero attached hydrogens (tertiary/aromatic N) is 3. The lowest BCUT2D eigenvalue weighted by Crippen LogP contribution is -2.33. The maximum absolute atomic E-state index is 13.9. The minimum Gasteiger partial charge on any atom is -0.508 e. The first-order valence-corrected chi connectivity index (χ1v) is 14.0. The van der Waals surface area contributed by atoms with Crippen LogP contribution in [0.2, 0.25) is 0 Å². The summed E-state index contributed by atoms with van der Waals surface area (Å²) in [6, 6.07) is 16.3. The van der Waals surface area contributed by atoms with E-state index >= 15 is 0 Å². The molecule has 2 aromatic heterocycles. The highest BCUT2D eigenvalue weighted by atomic mass is 32.2. The number of hydrogen-bond donors (Lipinski definition) is 2. The molecule has 0 radical (unpaired) electrons. The summed E-state index contributed by atoms with van der Waals surface area (Å²) < 4.78 is 6.57. The standard InChI is InChI=1S/C28H22N4O6S2/c1-38-19-10-6-17(7-11-19)32-25(35)22-21(15-3-2-12-29-13-15)24-27(39-23(22)26(32)36)31(28(37)40-24)14-20(34)30-16-4-8-18(33)9-5-16/h2-13,21-23,33H,14H2,1H3,(H,30,34)/t21-,22?,23?/m1/s1. The van der Waals surface area contributed by atoms with Crippen LogP contribution in [0.4, 0.5) is 11.4 Å². The first-order chi connectivity index (χ1) is 19.4. The molecule has 12 heteroatoms. The average Bonchev–Trinajstić information content (AvgIpc) is 3.41. The highest BCUT2D eigenvalue weighted by molar-refractivity contribution is 8.00. The highest BCUT2D eigenvalue weighted by Gasteiger charge is 2.56. The van der Waals surface area contributed by atoms with E-state index in [1.165, 1.54) is 28.7 Å². The molecule has 0 saturated carbocycles. The molecule has 2 N–H and O–H groups in total. The van der Waals surface area contributed by atoms with Gasteiger partial charge in [-0.05, 0) is 60.2 Å². The number of thiazole rings is 1. The van der Waals surface area contributed by atoms with Crippen LogP contribution in [0.3, 0.4) is 0 Å². The van der Waals surface area contributed by atoms with Gasteiger partial charge >= 0.3 is 4.87 Å². The molecule has 6 rings (SSSR count). The summed E-state index contributed by atoms with van der Waals surface area (Å²) in [4.78, 5) is 59.4. The fraction of sp³-hybridized carbons (Fsp3) is 0.179. The van der Waals surface area contributed by atoms with Gasteiger partial charge in [0.2, 0.25) is 17.7 Å². The molecule has 1 fully saturated rings. The van der Waals surface area contributed by atoms with Crippen molar-refractivity contribution in [3.05, 3.63) is 93.2 Å². The number of ether oxygens (including phenoxy) is 1. The number of fused-ring (bicyclic) bond motifs is 2. The second-order valence-electron chi connectivity index (χ2n) is 9.26. The monoisotopic (exact) mass is 574 g/mol. The van der Waals surface area contributed by atoms with E-state index in [0.717, 1.165) is 23.1 Å². The Bertz CT molecular complexity index is 1670. The van der Waals surface area contributed by atoms with Crippen molar-refractivity contribution in [3.8, 4) is 11.5 Å².